The van der Waals surface area contributed by atoms with Gasteiger partial charge < -0.3 is 9.64 Å². The second-order valence-electron chi connectivity index (χ2n) is 7.00. The number of anilines is 1. The summed E-state index contributed by atoms with van der Waals surface area (Å²) >= 11 is 4.86. The maximum absolute atomic E-state index is 13.4. The second kappa shape index (κ2) is 9.03. The summed E-state index contributed by atoms with van der Waals surface area (Å²) in [5.41, 5.74) is 0.924. The highest BCUT2D eigenvalue weighted by atomic mass is 79.9. The number of rotatable bonds is 6. The van der Waals surface area contributed by atoms with Crippen LogP contribution in [-0.4, -0.2) is 35.8 Å². The van der Waals surface area contributed by atoms with Crippen molar-refractivity contribution in [1.29, 1.82) is 0 Å². The molecule has 1 saturated heterocycles. The Kier molecular flexibility index (Phi) is 6.20. The molecule has 31 heavy (non-hydrogen) atoms. The largest absolute Gasteiger partial charge is 0.497 e. The summed E-state index contributed by atoms with van der Waals surface area (Å²) in [5.74, 6) is -0.392. The SMILES string of the molecule is COc1ccc(C(=O)N(Cc2cccs2)C2CC(=O)N(c3ccc(Br)cc3)C2=O)cc1. The lowest BCUT2D eigenvalue weighted by Crippen LogP contribution is -2.45. The fourth-order valence-corrected chi connectivity index (χ4v) is 4.48. The van der Waals surface area contributed by atoms with Gasteiger partial charge in [0.05, 0.1) is 25.8 Å². The van der Waals surface area contributed by atoms with E-state index in [2.05, 4.69) is 15.9 Å². The van der Waals surface area contributed by atoms with Gasteiger partial charge in [-0.3, -0.25) is 14.4 Å². The van der Waals surface area contributed by atoms with E-state index in [9.17, 15) is 14.4 Å². The van der Waals surface area contributed by atoms with E-state index < -0.39 is 11.9 Å². The molecule has 3 amide bonds. The molecule has 0 aliphatic carbocycles. The lowest BCUT2D eigenvalue weighted by Gasteiger charge is -2.27. The molecular weight excluding hydrogens is 480 g/mol. The monoisotopic (exact) mass is 498 g/mol. The molecule has 1 aliphatic rings. The van der Waals surface area contributed by atoms with Crippen molar-refractivity contribution in [3.63, 3.8) is 0 Å². The molecule has 1 aliphatic heterocycles. The average molecular weight is 499 g/mol. The molecule has 1 aromatic heterocycles. The predicted molar refractivity (Wildman–Crippen MR) is 122 cm³/mol. The van der Waals surface area contributed by atoms with Crippen LogP contribution in [0.4, 0.5) is 5.69 Å². The molecule has 0 bridgehead atoms. The molecule has 1 atom stereocenters. The third-order valence-electron chi connectivity index (χ3n) is 5.09. The van der Waals surface area contributed by atoms with E-state index in [0.29, 0.717) is 17.0 Å². The normalized spacial score (nSPS) is 15.9. The first-order valence-electron chi connectivity index (χ1n) is 9.57. The van der Waals surface area contributed by atoms with Gasteiger partial charge in [0, 0.05) is 14.9 Å². The van der Waals surface area contributed by atoms with Crippen LogP contribution in [0.1, 0.15) is 21.7 Å². The van der Waals surface area contributed by atoms with Gasteiger partial charge in [-0.05, 0) is 60.0 Å². The van der Waals surface area contributed by atoms with Crippen LogP contribution in [0.5, 0.6) is 5.75 Å². The zero-order chi connectivity index (χ0) is 22.0. The number of hydrogen-bond donors (Lipinski definition) is 0. The number of benzene rings is 2. The number of imide groups is 1. The van der Waals surface area contributed by atoms with E-state index in [0.717, 1.165) is 9.35 Å². The van der Waals surface area contributed by atoms with Gasteiger partial charge in [0.2, 0.25) is 5.91 Å². The minimum absolute atomic E-state index is 0.0534. The summed E-state index contributed by atoms with van der Waals surface area (Å²) in [6, 6.07) is 16.6. The van der Waals surface area contributed by atoms with Crippen LogP contribution in [0.3, 0.4) is 0 Å². The topological polar surface area (TPSA) is 66.9 Å². The smallest absolute Gasteiger partial charge is 0.257 e. The van der Waals surface area contributed by atoms with Crippen LogP contribution >= 0.6 is 27.3 Å². The first-order valence-corrected chi connectivity index (χ1v) is 11.2. The molecule has 2 heterocycles. The van der Waals surface area contributed by atoms with Gasteiger partial charge in [0.15, 0.2) is 0 Å². The highest BCUT2D eigenvalue weighted by Crippen LogP contribution is 2.29. The minimum Gasteiger partial charge on any atom is -0.497 e. The summed E-state index contributed by atoms with van der Waals surface area (Å²) < 4.78 is 6.01. The standard InChI is InChI=1S/C23H19BrN2O4S/c1-30-18-10-4-15(5-11-18)22(28)25(14-19-3-2-12-31-19)20-13-21(27)26(23(20)29)17-8-6-16(24)7-9-17/h2-12,20H,13-14H2,1H3. The van der Waals surface area contributed by atoms with E-state index in [4.69, 9.17) is 4.74 Å². The van der Waals surface area contributed by atoms with Gasteiger partial charge in [-0.15, -0.1) is 11.3 Å². The van der Waals surface area contributed by atoms with Crippen molar-refractivity contribution in [2.24, 2.45) is 0 Å². The molecule has 0 N–H and O–H groups in total. The number of nitrogens with zero attached hydrogens (tertiary/aromatic N) is 2. The van der Waals surface area contributed by atoms with Crippen molar-refractivity contribution >= 4 is 50.7 Å². The van der Waals surface area contributed by atoms with Crippen LogP contribution in [0.25, 0.3) is 0 Å². The predicted octanol–water partition coefficient (Wildman–Crippen LogP) is 4.49. The van der Waals surface area contributed by atoms with Gasteiger partial charge in [-0.25, -0.2) is 4.90 Å². The molecule has 3 aromatic rings. The van der Waals surface area contributed by atoms with Crippen molar-refractivity contribution in [2.45, 2.75) is 19.0 Å². The zero-order valence-corrected chi connectivity index (χ0v) is 19.1. The van der Waals surface area contributed by atoms with E-state index in [1.807, 2.05) is 17.5 Å². The van der Waals surface area contributed by atoms with Crippen LogP contribution < -0.4 is 9.64 Å². The molecule has 0 spiro atoms. The van der Waals surface area contributed by atoms with Gasteiger partial charge in [-0.2, -0.15) is 0 Å². The van der Waals surface area contributed by atoms with Gasteiger partial charge in [0.1, 0.15) is 11.8 Å². The van der Waals surface area contributed by atoms with Crippen molar-refractivity contribution in [3.8, 4) is 5.75 Å². The summed E-state index contributed by atoms with van der Waals surface area (Å²) in [4.78, 5) is 43.1. The number of ether oxygens (including phenoxy) is 1. The quantitative estimate of drug-likeness (QED) is 0.469. The number of halogens is 1. The summed E-state index contributed by atoms with van der Waals surface area (Å²) in [7, 11) is 1.55. The highest BCUT2D eigenvalue weighted by Gasteiger charge is 2.44. The summed E-state index contributed by atoms with van der Waals surface area (Å²) in [5, 5.41) is 1.92. The fraction of sp³-hybridized carbons (Fsp3) is 0.174. The number of hydrogen-bond acceptors (Lipinski definition) is 5. The third kappa shape index (κ3) is 4.40. The summed E-state index contributed by atoms with van der Waals surface area (Å²) in [6.07, 6.45) is -0.0534. The Bertz CT molecular complexity index is 1100. The lowest BCUT2D eigenvalue weighted by molar-refractivity contribution is -0.122. The number of thiophene rings is 1. The molecule has 2 aromatic carbocycles. The maximum Gasteiger partial charge on any atom is 0.257 e. The second-order valence-corrected chi connectivity index (χ2v) is 8.95. The van der Waals surface area contributed by atoms with Crippen LogP contribution in [0, 0.1) is 0 Å². The summed E-state index contributed by atoms with van der Waals surface area (Å²) in [6.45, 7) is 0.250. The Morgan fingerprint density at radius 1 is 1.13 bits per heavy atom. The van der Waals surface area contributed by atoms with Gasteiger partial charge >= 0.3 is 0 Å². The zero-order valence-electron chi connectivity index (χ0n) is 16.7. The Balaban J connectivity index is 1.66. The molecular formula is C23H19BrN2O4S. The van der Waals surface area contributed by atoms with E-state index in [-0.39, 0.29) is 24.8 Å². The average Bonchev–Trinajstić information content (AvgIpc) is 3.40. The molecule has 158 valence electrons. The number of carbonyl (C=O) groups is 3. The number of amides is 3. The van der Waals surface area contributed by atoms with Crippen molar-refractivity contribution < 1.29 is 19.1 Å². The first kappa shape index (κ1) is 21.3. The van der Waals surface area contributed by atoms with Gasteiger partial charge in [-0.1, -0.05) is 22.0 Å². The van der Waals surface area contributed by atoms with Crippen LogP contribution in [0.15, 0.2) is 70.5 Å². The first-order chi connectivity index (χ1) is 15.0. The molecule has 1 unspecified atom stereocenters. The van der Waals surface area contributed by atoms with E-state index in [1.54, 1.807) is 55.6 Å². The molecule has 0 saturated carbocycles. The van der Waals surface area contributed by atoms with E-state index >= 15 is 0 Å². The maximum atomic E-state index is 13.4. The molecule has 4 rings (SSSR count). The van der Waals surface area contributed by atoms with Crippen molar-refractivity contribution in [1.82, 2.24) is 4.90 Å². The van der Waals surface area contributed by atoms with Crippen molar-refractivity contribution in [3.05, 3.63) is 81.0 Å². The molecule has 8 heteroatoms. The Morgan fingerprint density at radius 2 is 1.84 bits per heavy atom. The van der Waals surface area contributed by atoms with Gasteiger partial charge in [0.25, 0.3) is 11.8 Å². The fourth-order valence-electron chi connectivity index (χ4n) is 3.51. The minimum atomic E-state index is -0.868. The Labute approximate surface area is 192 Å². The van der Waals surface area contributed by atoms with Crippen LogP contribution in [-0.2, 0) is 16.1 Å². The number of carbonyl (C=O) groups excluding carboxylic acids is 3. The van der Waals surface area contributed by atoms with E-state index in [1.165, 1.54) is 21.1 Å². The highest BCUT2D eigenvalue weighted by molar-refractivity contribution is 9.10. The Hall–Kier alpha value is -2.97. The number of methoxy groups -OCH3 is 1. The molecule has 6 nitrogen and oxygen atoms in total. The van der Waals surface area contributed by atoms with Crippen LogP contribution in [0.2, 0.25) is 0 Å². The lowest BCUT2D eigenvalue weighted by atomic mass is 10.1. The molecule has 1 fully saturated rings. The molecule has 0 radical (unpaired) electrons. The Morgan fingerprint density at radius 3 is 2.45 bits per heavy atom. The van der Waals surface area contributed by atoms with Crippen molar-refractivity contribution in [2.75, 3.05) is 12.0 Å². The third-order valence-corrected chi connectivity index (χ3v) is 6.48.